The maximum absolute atomic E-state index is 11.8. The summed E-state index contributed by atoms with van der Waals surface area (Å²) in [5, 5.41) is 32.0. The Morgan fingerprint density at radius 3 is 2.47 bits per heavy atom. The summed E-state index contributed by atoms with van der Waals surface area (Å²) < 4.78 is 19.1. The maximum Gasteiger partial charge on any atom is 0.313 e. The smallest absolute Gasteiger partial charge is 0.313 e. The van der Waals surface area contributed by atoms with E-state index < -0.39 is 18.0 Å². The minimum absolute atomic E-state index is 0.179. The molecule has 2 fully saturated rings. The zero-order valence-electron chi connectivity index (χ0n) is 31.2. The van der Waals surface area contributed by atoms with E-state index in [1.54, 1.807) is 12.3 Å². The van der Waals surface area contributed by atoms with E-state index in [1.165, 1.54) is 43.3 Å². The van der Waals surface area contributed by atoms with Crippen LogP contribution >= 0.6 is 0 Å². The number of pyridine rings is 1. The fourth-order valence-corrected chi connectivity index (χ4v) is 7.37. The van der Waals surface area contributed by atoms with Crippen molar-refractivity contribution in [2.45, 2.75) is 79.2 Å². The summed E-state index contributed by atoms with van der Waals surface area (Å²) in [6, 6.07) is 17.9. The summed E-state index contributed by atoms with van der Waals surface area (Å²) in [7, 11) is 0. The molecule has 0 radical (unpaired) electrons. The molecule has 0 spiro atoms. The lowest BCUT2D eigenvalue weighted by Gasteiger charge is -2.20. The predicted octanol–water partition coefficient (Wildman–Crippen LogP) is 6.80. The Balaban J connectivity index is 1.19. The number of aryl methyl sites for hydroxylation is 2. The van der Waals surface area contributed by atoms with Crippen LogP contribution in [-0.4, -0.2) is 65.0 Å². The van der Waals surface area contributed by atoms with Gasteiger partial charge in [-0.1, -0.05) is 24.3 Å². The molecule has 2 heterocycles. The number of carboxylic acid groups (broad SMARTS) is 1. The Hall–Kier alpha value is -4.95. The molecule has 1 saturated carbocycles. The Labute approximate surface area is 312 Å². The molecule has 6 rings (SSSR count). The van der Waals surface area contributed by atoms with Crippen molar-refractivity contribution in [3.05, 3.63) is 105 Å². The van der Waals surface area contributed by atoms with E-state index in [0.29, 0.717) is 43.2 Å². The van der Waals surface area contributed by atoms with Gasteiger partial charge in [0, 0.05) is 48.7 Å². The number of nitrogens with zero attached hydrogens (tertiary/aromatic N) is 3. The predicted molar refractivity (Wildman–Crippen MR) is 203 cm³/mol. The van der Waals surface area contributed by atoms with Gasteiger partial charge in [0.15, 0.2) is 0 Å². The number of hydrogen-bond acceptors (Lipinski definition) is 9. The lowest BCUT2D eigenvalue weighted by molar-refractivity contribution is -0.145. The van der Waals surface area contributed by atoms with Crippen molar-refractivity contribution in [2.75, 3.05) is 32.8 Å². The van der Waals surface area contributed by atoms with Crippen LogP contribution < -0.4 is 19.5 Å². The normalized spacial score (nSPS) is 18.1. The molecule has 0 amide bonds. The molecule has 10 heteroatoms. The molecule has 2 atom stereocenters. The average molecular weight is 719 g/mol. The molecule has 1 aliphatic carbocycles. The molecule has 1 aliphatic heterocycles. The fraction of sp³-hybridized carbons (Fsp3) is 0.419. The first-order chi connectivity index (χ1) is 25.6. The molecule has 3 N–H and O–H groups in total. The molecule has 1 aromatic heterocycles. The monoisotopic (exact) mass is 718 g/mol. The summed E-state index contributed by atoms with van der Waals surface area (Å²) in [6.07, 6.45) is 7.13. The first-order valence-corrected chi connectivity index (χ1v) is 18.5. The quantitative estimate of drug-likeness (QED) is 0.100. The Bertz CT molecular complexity index is 1980. The highest BCUT2D eigenvalue weighted by molar-refractivity contribution is 5.80. The Morgan fingerprint density at radius 2 is 1.74 bits per heavy atom. The number of carboxylic acids is 1. The molecular weight excluding hydrogens is 668 g/mol. The van der Waals surface area contributed by atoms with Gasteiger partial charge in [0.05, 0.1) is 18.8 Å². The van der Waals surface area contributed by atoms with Crippen molar-refractivity contribution >= 4 is 5.97 Å². The molecule has 1 unspecified atom stereocenters. The standard InChI is InChI=1S/C43H50N4O6/c1-28-11-12-37(51-16-8-15-47-13-5-6-14-47)31(4)41(28)36-10-7-9-34(30(36)3)26-53-38-19-39(52-25-33-18-32(21-44)22-45-23-33)35(17-29(38)2)24-46-40-20-43(40,27-48)42(49)50/h7,9-12,17-19,22-23,40,46,48H,5-6,8,13-16,20,24-27H2,1-4H3,(H,49,50)/t40?,43-/m1/s1. The molecular formula is C43H50N4O6. The Morgan fingerprint density at radius 1 is 0.943 bits per heavy atom. The first kappa shape index (κ1) is 37.8. The molecule has 1 saturated heterocycles. The van der Waals surface area contributed by atoms with Gasteiger partial charge in [-0.25, -0.2) is 0 Å². The van der Waals surface area contributed by atoms with E-state index in [2.05, 4.69) is 72.4 Å². The van der Waals surface area contributed by atoms with Crippen molar-refractivity contribution in [3.63, 3.8) is 0 Å². The van der Waals surface area contributed by atoms with Gasteiger partial charge in [-0.3, -0.25) is 9.78 Å². The van der Waals surface area contributed by atoms with E-state index >= 15 is 0 Å². The number of nitrogens with one attached hydrogen (secondary N) is 1. The number of rotatable bonds is 17. The molecule has 0 bridgehead atoms. The zero-order valence-corrected chi connectivity index (χ0v) is 31.2. The Kier molecular flexibility index (Phi) is 12.0. The highest BCUT2D eigenvalue weighted by Gasteiger charge is 2.60. The molecule has 4 aromatic rings. The lowest BCUT2D eigenvalue weighted by atomic mass is 9.90. The van der Waals surface area contributed by atoms with Crippen molar-refractivity contribution in [1.82, 2.24) is 15.2 Å². The third kappa shape index (κ3) is 8.65. The minimum Gasteiger partial charge on any atom is -0.493 e. The second-order valence-electron chi connectivity index (χ2n) is 14.5. The molecule has 2 aliphatic rings. The topological polar surface area (TPSA) is 137 Å². The summed E-state index contributed by atoms with van der Waals surface area (Å²) in [4.78, 5) is 18.5. The number of aliphatic carboxylic acids is 1. The third-order valence-corrected chi connectivity index (χ3v) is 10.8. The zero-order chi connectivity index (χ0) is 37.5. The van der Waals surface area contributed by atoms with E-state index in [0.717, 1.165) is 57.7 Å². The van der Waals surface area contributed by atoms with Crippen molar-refractivity contribution in [2.24, 2.45) is 5.41 Å². The van der Waals surface area contributed by atoms with Crippen LogP contribution in [0.3, 0.4) is 0 Å². The van der Waals surface area contributed by atoms with Crippen molar-refractivity contribution in [1.29, 1.82) is 5.26 Å². The number of aliphatic hydroxyl groups is 1. The number of benzene rings is 3. The van der Waals surface area contributed by atoms with Gasteiger partial charge in [-0.05, 0) is 124 Å². The number of ether oxygens (including phenoxy) is 3. The number of nitriles is 1. The SMILES string of the molecule is Cc1cc(CNC2C[C@]2(CO)C(=O)O)c(OCc2cncc(C#N)c2)cc1OCc1cccc(-c2c(C)ccc(OCCCN3CCCC3)c2C)c1C. The number of carbonyl (C=O) groups is 1. The van der Waals surface area contributed by atoms with E-state index in [9.17, 15) is 20.3 Å². The summed E-state index contributed by atoms with van der Waals surface area (Å²) in [5.74, 6) is 1.15. The van der Waals surface area contributed by atoms with Gasteiger partial charge >= 0.3 is 5.97 Å². The van der Waals surface area contributed by atoms with Crippen molar-refractivity contribution in [3.8, 4) is 34.4 Å². The lowest BCUT2D eigenvalue weighted by Crippen LogP contribution is -2.31. The maximum atomic E-state index is 11.8. The number of likely N-dealkylation sites (tertiary alicyclic amines) is 1. The second-order valence-corrected chi connectivity index (χ2v) is 14.5. The summed E-state index contributed by atoms with van der Waals surface area (Å²) in [5.41, 5.74) is 8.62. The van der Waals surface area contributed by atoms with Crippen molar-refractivity contribution < 1.29 is 29.2 Å². The van der Waals surface area contributed by atoms with Crippen LogP contribution in [0, 0.1) is 44.4 Å². The van der Waals surface area contributed by atoms with Crippen LogP contribution in [0.25, 0.3) is 11.1 Å². The van der Waals surface area contributed by atoms with Crippen LogP contribution in [0.15, 0.2) is 60.9 Å². The van der Waals surface area contributed by atoms with E-state index in [-0.39, 0.29) is 12.6 Å². The van der Waals surface area contributed by atoms with Crippen LogP contribution in [0.2, 0.25) is 0 Å². The molecule has 10 nitrogen and oxygen atoms in total. The van der Waals surface area contributed by atoms with Crippen LogP contribution in [0.5, 0.6) is 17.2 Å². The fourth-order valence-electron chi connectivity index (χ4n) is 7.37. The van der Waals surface area contributed by atoms with Gasteiger partial charge in [-0.15, -0.1) is 0 Å². The number of hydrogen-bond donors (Lipinski definition) is 3. The summed E-state index contributed by atoms with van der Waals surface area (Å²) in [6.45, 7) is 13.0. The largest absolute Gasteiger partial charge is 0.493 e. The third-order valence-electron chi connectivity index (χ3n) is 10.8. The van der Waals surface area contributed by atoms with Gasteiger partial charge in [0.2, 0.25) is 0 Å². The first-order valence-electron chi connectivity index (χ1n) is 18.5. The molecule has 53 heavy (non-hydrogen) atoms. The van der Waals surface area contributed by atoms with E-state index in [1.807, 2.05) is 19.1 Å². The van der Waals surface area contributed by atoms with Crippen LogP contribution in [0.4, 0.5) is 0 Å². The average Bonchev–Trinajstić information content (AvgIpc) is 3.65. The highest BCUT2D eigenvalue weighted by Crippen LogP contribution is 2.46. The van der Waals surface area contributed by atoms with Crippen LogP contribution in [0.1, 0.15) is 70.2 Å². The van der Waals surface area contributed by atoms with E-state index in [4.69, 9.17) is 14.2 Å². The molecule has 3 aromatic carbocycles. The minimum atomic E-state index is -1.16. The van der Waals surface area contributed by atoms with Gasteiger partial charge in [-0.2, -0.15) is 5.26 Å². The van der Waals surface area contributed by atoms with Gasteiger partial charge in [0.25, 0.3) is 0 Å². The van der Waals surface area contributed by atoms with Crippen LogP contribution in [-0.2, 0) is 24.6 Å². The number of aromatic nitrogens is 1. The second kappa shape index (κ2) is 16.8. The molecule has 278 valence electrons. The van der Waals surface area contributed by atoms with Gasteiger partial charge < -0.3 is 34.6 Å². The number of aliphatic hydroxyl groups excluding tert-OH is 1. The summed E-state index contributed by atoms with van der Waals surface area (Å²) >= 11 is 0. The highest BCUT2D eigenvalue weighted by atomic mass is 16.5. The van der Waals surface area contributed by atoms with Gasteiger partial charge in [0.1, 0.15) is 41.9 Å².